The summed E-state index contributed by atoms with van der Waals surface area (Å²) in [7, 11) is 0. The number of carbonyl (C=O) groups is 1. The van der Waals surface area contributed by atoms with Crippen LogP contribution in [0, 0.1) is 0 Å². The van der Waals surface area contributed by atoms with Crippen molar-refractivity contribution in [3.63, 3.8) is 0 Å². The minimum Gasteiger partial charge on any atom is -0.447 e. The highest BCUT2D eigenvalue weighted by molar-refractivity contribution is 5.89. The highest BCUT2D eigenvalue weighted by Crippen LogP contribution is 2.23. The average Bonchev–Trinajstić information content (AvgIpc) is 3.00. The monoisotopic (exact) mass is 319 g/mol. The van der Waals surface area contributed by atoms with Crippen molar-refractivity contribution in [1.29, 1.82) is 0 Å². The minimum atomic E-state index is -0.283. The zero-order valence-corrected chi connectivity index (χ0v) is 13.4. The Morgan fingerprint density at radius 1 is 1.22 bits per heavy atom. The van der Waals surface area contributed by atoms with Crippen LogP contribution in [0.4, 0.5) is 10.5 Å². The predicted molar refractivity (Wildman–Crippen MR) is 88.4 cm³/mol. The van der Waals surface area contributed by atoms with Crippen LogP contribution in [0.15, 0.2) is 24.3 Å². The Morgan fingerprint density at radius 3 is 2.52 bits per heavy atom. The third-order valence-corrected chi connectivity index (χ3v) is 4.71. The third-order valence-electron chi connectivity index (χ3n) is 4.71. The molecule has 0 saturated carbocycles. The molecule has 0 aromatic heterocycles. The number of hydrogen-bond donors (Lipinski definition) is 2. The number of rotatable bonds is 5. The van der Waals surface area contributed by atoms with Crippen LogP contribution >= 0.6 is 0 Å². The number of aliphatic hydroxyl groups excluding tert-OH is 1. The molecule has 6 nitrogen and oxygen atoms in total. The predicted octanol–water partition coefficient (Wildman–Crippen LogP) is 1.49. The van der Waals surface area contributed by atoms with Gasteiger partial charge in [-0.15, -0.1) is 0 Å². The van der Waals surface area contributed by atoms with Crippen LogP contribution in [-0.4, -0.2) is 55.0 Å². The molecule has 0 spiro atoms. The molecule has 3 N–H and O–H groups in total. The fourth-order valence-corrected chi connectivity index (χ4v) is 3.16. The van der Waals surface area contributed by atoms with E-state index in [4.69, 9.17) is 10.5 Å². The van der Waals surface area contributed by atoms with Crippen LogP contribution in [0.3, 0.4) is 0 Å². The van der Waals surface area contributed by atoms with Crippen molar-refractivity contribution in [3.05, 3.63) is 29.8 Å². The van der Waals surface area contributed by atoms with Gasteiger partial charge in [-0.05, 0) is 43.5 Å². The van der Waals surface area contributed by atoms with Crippen molar-refractivity contribution in [2.75, 3.05) is 37.7 Å². The Balaban J connectivity index is 1.51. The molecule has 0 radical (unpaired) electrons. The van der Waals surface area contributed by atoms with Gasteiger partial charge in [-0.25, -0.2) is 4.79 Å². The lowest BCUT2D eigenvalue weighted by atomic mass is 10.0. The molecule has 1 amide bonds. The number of nitrogens with two attached hydrogens (primary N) is 1. The van der Waals surface area contributed by atoms with Gasteiger partial charge in [0.25, 0.3) is 0 Å². The highest BCUT2D eigenvalue weighted by Gasteiger charge is 2.23. The Hall–Kier alpha value is -1.63. The van der Waals surface area contributed by atoms with Gasteiger partial charge in [-0.3, -0.25) is 4.90 Å². The number of likely N-dealkylation sites (tertiary alicyclic amines) is 1. The SMILES string of the molecule is NC(CCN1CCC(O)CC1)c1ccc(N2CCOC2=O)cc1. The standard InChI is InChI=1S/C17H25N3O3/c18-16(7-10-19-8-5-15(21)6-9-19)13-1-3-14(4-2-13)20-11-12-23-17(20)22/h1-4,15-16,21H,5-12,18H2. The molecule has 2 fully saturated rings. The summed E-state index contributed by atoms with van der Waals surface area (Å²) < 4.78 is 4.95. The number of hydrogen-bond acceptors (Lipinski definition) is 5. The molecule has 1 atom stereocenters. The summed E-state index contributed by atoms with van der Waals surface area (Å²) in [5.74, 6) is 0. The lowest BCUT2D eigenvalue weighted by molar-refractivity contribution is 0.0812. The van der Waals surface area contributed by atoms with E-state index in [9.17, 15) is 9.90 Å². The molecule has 2 heterocycles. The van der Waals surface area contributed by atoms with E-state index in [1.165, 1.54) is 0 Å². The third kappa shape index (κ3) is 4.02. The Bertz CT molecular complexity index is 526. The number of carbonyl (C=O) groups excluding carboxylic acids is 1. The molecule has 3 rings (SSSR count). The zero-order valence-electron chi connectivity index (χ0n) is 13.4. The molecule has 23 heavy (non-hydrogen) atoms. The van der Waals surface area contributed by atoms with Gasteiger partial charge in [-0.2, -0.15) is 0 Å². The van der Waals surface area contributed by atoms with Gasteiger partial charge in [0.15, 0.2) is 0 Å². The van der Waals surface area contributed by atoms with Crippen molar-refractivity contribution in [2.24, 2.45) is 5.73 Å². The van der Waals surface area contributed by atoms with E-state index < -0.39 is 0 Å². The quantitative estimate of drug-likeness (QED) is 0.859. The fraction of sp³-hybridized carbons (Fsp3) is 0.588. The van der Waals surface area contributed by atoms with Crippen LogP contribution in [0.25, 0.3) is 0 Å². The van der Waals surface area contributed by atoms with E-state index in [2.05, 4.69) is 4.90 Å². The van der Waals surface area contributed by atoms with E-state index in [0.29, 0.717) is 13.2 Å². The van der Waals surface area contributed by atoms with Crippen molar-refractivity contribution < 1.29 is 14.6 Å². The second kappa shape index (κ2) is 7.29. The number of ether oxygens (including phenoxy) is 1. The van der Waals surface area contributed by atoms with Crippen LogP contribution < -0.4 is 10.6 Å². The summed E-state index contributed by atoms with van der Waals surface area (Å²) >= 11 is 0. The molecule has 0 aliphatic carbocycles. The highest BCUT2D eigenvalue weighted by atomic mass is 16.6. The summed E-state index contributed by atoms with van der Waals surface area (Å²) in [6.45, 7) is 3.90. The summed E-state index contributed by atoms with van der Waals surface area (Å²) in [5, 5.41) is 9.53. The topological polar surface area (TPSA) is 79.0 Å². The second-order valence-corrected chi connectivity index (χ2v) is 6.33. The number of anilines is 1. The van der Waals surface area contributed by atoms with Crippen molar-refractivity contribution in [1.82, 2.24) is 4.90 Å². The summed E-state index contributed by atoms with van der Waals surface area (Å²) in [6.07, 6.45) is 2.19. The normalized spacial score (nSPS) is 21.5. The number of benzene rings is 1. The maximum absolute atomic E-state index is 11.5. The van der Waals surface area contributed by atoms with Gasteiger partial charge in [0.1, 0.15) is 6.61 Å². The van der Waals surface area contributed by atoms with Crippen molar-refractivity contribution in [3.8, 4) is 0 Å². The van der Waals surface area contributed by atoms with Gasteiger partial charge in [-0.1, -0.05) is 12.1 Å². The largest absolute Gasteiger partial charge is 0.447 e. The molecule has 1 aromatic carbocycles. The first-order valence-corrected chi connectivity index (χ1v) is 8.34. The Kier molecular flexibility index (Phi) is 5.15. The molecular weight excluding hydrogens is 294 g/mol. The van der Waals surface area contributed by atoms with E-state index in [1.54, 1.807) is 4.90 Å². The Labute approximate surface area is 136 Å². The van der Waals surface area contributed by atoms with E-state index >= 15 is 0 Å². The first-order valence-electron chi connectivity index (χ1n) is 8.34. The molecule has 1 unspecified atom stereocenters. The molecular formula is C17H25N3O3. The average molecular weight is 319 g/mol. The fourth-order valence-electron chi connectivity index (χ4n) is 3.16. The van der Waals surface area contributed by atoms with E-state index in [0.717, 1.165) is 50.1 Å². The van der Waals surface area contributed by atoms with Gasteiger partial charge >= 0.3 is 6.09 Å². The smallest absolute Gasteiger partial charge is 0.414 e. The second-order valence-electron chi connectivity index (χ2n) is 6.33. The van der Waals surface area contributed by atoms with Crippen molar-refractivity contribution >= 4 is 11.8 Å². The minimum absolute atomic E-state index is 0.0126. The lowest BCUT2D eigenvalue weighted by Gasteiger charge is -2.30. The van der Waals surface area contributed by atoms with Crippen LogP contribution in [-0.2, 0) is 4.74 Å². The molecule has 2 aliphatic rings. The molecule has 0 bridgehead atoms. The summed E-state index contributed by atoms with van der Waals surface area (Å²) in [4.78, 5) is 15.5. The number of amides is 1. The molecule has 2 aliphatic heterocycles. The number of cyclic esters (lactones) is 1. The molecule has 6 heteroatoms. The van der Waals surface area contributed by atoms with E-state index in [1.807, 2.05) is 24.3 Å². The first kappa shape index (κ1) is 16.2. The number of nitrogens with zero attached hydrogens (tertiary/aromatic N) is 2. The van der Waals surface area contributed by atoms with Gasteiger partial charge in [0, 0.05) is 24.8 Å². The van der Waals surface area contributed by atoms with Gasteiger partial charge in [0.05, 0.1) is 12.6 Å². The summed E-state index contributed by atoms with van der Waals surface area (Å²) in [5.41, 5.74) is 8.23. The zero-order chi connectivity index (χ0) is 16.2. The summed E-state index contributed by atoms with van der Waals surface area (Å²) in [6, 6.07) is 7.83. The molecule has 1 aromatic rings. The van der Waals surface area contributed by atoms with Gasteiger partial charge < -0.3 is 20.5 Å². The van der Waals surface area contributed by atoms with Gasteiger partial charge in [0.2, 0.25) is 0 Å². The molecule has 2 saturated heterocycles. The lowest BCUT2D eigenvalue weighted by Crippen LogP contribution is -2.37. The van der Waals surface area contributed by atoms with Crippen molar-refractivity contribution in [2.45, 2.75) is 31.4 Å². The van der Waals surface area contributed by atoms with Crippen LogP contribution in [0.1, 0.15) is 30.9 Å². The number of piperidine rings is 1. The van der Waals surface area contributed by atoms with Crippen LogP contribution in [0.2, 0.25) is 0 Å². The van der Waals surface area contributed by atoms with Crippen LogP contribution in [0.5, 0.6) is 0 Å². The Morgan fingerprint density at radius 2 is 1.91 bits per heavy atom. The number of aliphatic hydroxyl groups is 1. The first-order chi connectivity index (χ1) is 11.1. The van der Waals surface area contributed by atoms with E-state index in [-0.39, 0.29) is 18.2 Å². The maximum atomic E-state index is 11.5. The molecule has 126 valence electrons. The maximum Gasteiger partial charge on any atom is 0.414 e.